The van der Waals surface area contributed by atoms with Crippen molar-refractivity contribution in [2.75, 3.05) is 18.1 Å². The van der Waals surface area contributed by atoms with Gasteiger partial charge >= 0.3 is 0 Å². The number of anilines is 1. The predicted molar refractivity (Wildman–Crippen MR) is 100 cm³/mol. The van der Waals surface area contributed by atoms with Crippen molar-refractivity contribution in [2.24, 2.45) is 23.2 Å². The Balaban J connectivity index is 1.53. The number of aryl methyl sites for hydroxylation is 3. The van der Waals surface area contributed by atoms with E-state index >= 15 is 0 Å². The standard InChI is InChI=1S/C22H32N2/c1-14-4-15(2)21(16(3)5-14)24-13-23-12-20(24)22-9-17-6-18(10-22)8-19(7-17)11-22/h4-5,17-20,23H,6-13H2,1-3H3. The Bertz CT molecular complexity index is 604. The van der Waals surface area contributed by atoms with Gasteiger partial charge in [-0.15, -0.1) is 0 Å². The van der Waals surface area contributed by atoms with Gasteiger partial charge in [0.1, 0.15) is 0 Å². The zero-order valence-electron chi connectivity index (χ0n) is 15.6. The lowest BCUT2D eigenvalue weighted by molar-refractivity contribution is -0.0639. The lowest BCUT2D eigenvalue weighted by Gasteiger charge is -2.60. The number of hydrogen-bond donors (Lipinski definition) is 1. The Hall–Kier alpha value is -1.02. The molecule has 130 valence electrons. The molecule has 1 saturated heterocycles. The number of nitrogens with zero attached hydrogens (tertiary/aromatic N) is 1. The van der Waals surface area contributed by atoms with Gasteiger partial charge in [-0.3, -0.25) is 5.32 Å². The first-order valence-electron chi connectivity index (χ1n) is 10.1. The third kappa shape index (κ3) is 2.18. The predicted octanol–water partition coefficient (Wildman–Crippen LogP) is 4.56. The molecule has 4 bridgehead atoms. The molecule has 1 N–H and O–H groups in total. The highest BCUT2D eigenvalue weighted by molar-refractivity contribution is 5.61. The van der Waals surface area contributed by atoms with Gasteiger partial charge in [0, 0.05) is 18.3 Å². The van der Waals surface area contributed by atoms with Gasteiger partial charge in [0.05, 0.1) is 6.67 Å². The number of rotatable bonds is 2. The summed E-state index contributed by atoms with van der Waals surface area (Å²) < 4.78 is 0. The molecule has 5 aliphatic rings. The Morgan fingerprint density at radius 1 is 0.917 bits per heavy atom. The van der Waals surface area contributed by atoms with Gasteiger partial charge < -0.3 is 4.90 Å². The highest BCUT2D eigenvalue weighted by Gasteiger charge is 2.56. The van der Waals surface area contributed by atoms with Crippen LogP contribution in [-0.4, -0.2) is 19.3 Å². The van der Waals surface area contributed by atoms with Crippen LogP contribution in [0.25, 0.3) is 0 Å². The van der Waals surface area contributed by atoms with Crippen molar-refractivity contribution in [3.63, 3.8) is 0 Å². The molecule has 4 saturated carbocycles. The summed E-state index contributed by atoms with van der Waals surface area (Å²) in [4.78, 5) is 2.76. The molecular weight excluding hydrogens is 292 g/mol. The summed E-state index contributed by atoms with van der Waals surface area (Å²) in [5.41, 5.74) is 6.44. The summed E-state index contributed by atoms with van der Waals surface area (Å²) >= 11 is 0. The van der Waals surface area contributed by atoms with Crippen molar-refractivity contribution in [3.8, 4) is 0 Å². The Labute approximate surface area is 147 Å². The van der Waals surface area contributed by atoms with E-state index in [2.05, 4.69) is 43.1 Å². The molecule has 2 nitrogen and oxygen atoms in total. The van der Waals surface area contributed by atoms with Gasteiger partial charge in [0.2, 0.25) is 0 Å². The van der Waals surface area contributed by atoms with E-state index in [0.29, 0.717) is 11.5 Å². The Kier molecular flexibility index (Phi) is 3.33. The second-order valence-corrected chi connectivity index (χ2v) is 9.63. The van der Waals surface area contributed by atoms with Crippen LogP contribution in [-0.2, 0) is 0 Å². The molecule has 1 heterocycles. The van der Waals surface area contributed by atoms with Crippen LogP contribution in [0.1, 0.15) is 55.2 Å². The van der Waals surface area contributed by atoms with Gasteiger partial charge in [-0.05, 0) is 93.6 Å². The van der Waals surface area contributed by atoms with E-state index < -0.39 is 0 Å². The molecule has 0 amide bonds. The van der Waals surface area contributed by atoms with E-state index in [0.717, 1.165) is 24.4 Å². The fourth-order valence-electron chi connectivity index (χ4n) is 7.54. The van der Waals surface area contributed by atoms with Crippen LogP contribution < -0.4 is 10.2 Å². The molecule has 1 unspecified atom stereocenters. The van der Waals surface area contributed by atoms with Gasteiger partial charge in [-0.2, -0.15) is 0 Å². The second kappa shape index (κ2) is 5.24. The summed E-state index contributed by atoms with van der Waals surface area (Å²) in [7, 11) is 0. The summed E-state index contributed by atoms with van der Waals surface area (Å²) in [5.74, 6) is 3.12. The van der Waals surface area contributed by atoms with E-state index in [-0.39, 0.29) is 0 Å². The van der Waals surface area contributed by atoms with Crippen molar-refractivity contribution in [3.05, 3.63) is 28.8 Å². The van der Waals surface area contributed by atoms with Crippen LogP contribution in [0.5, 0.6) is 0 Å². The smallest absolute Gasteiger partial charge is 0.0686 e. The third-order valence-electron chi connectivity index (χ3n) is 7.71. The Morgan fingerprint density at radius 3 is 2.00 bits per heavy atom. The average Bonchev–Trinajstić information content (AvgIpc) is 2.94. The zero-order chi connectivity index (χ0) is 16.5. The second-order valence-electron chi connectivity index (χ2n) is 9.63. The van der Waals surface area contributed by atoms with Gasteiger partial charge in [0.15, 0.2) is 0 Å². The first kappa shape index (κ1) is 15.3. The van der Waals surface area contributed by atoms with E-state index in [4.69, 9.17) is 0 Å². The summed E-state index contributed by atoms with van der Waals surface area (Å²) in [5, 5.41) is 3.74. The van der Waals surface area contributed by atoms with Gasteiger partial charge in [-0.1, -0.05) is 17.7 Å². The molecule has 0 spiro atoms. The quantitative estimate of drug-likeness (QED) is 0.857. The lowest BCUT2D eigenvalue weighted by Crippen LogP contribution is -2.56. The molecule has 1 aliphatic heterocycles. The van der Waals surface area contributed by atoms with Crippen LogP contribution in [0.4, 0.5) is 5.69 Å². The largest absolute Gasteiger partial charge is 0.353 e. The molecule has 1 aromatic carbocycles. The van der Waals surface area contributed by atoms with Crippen molar-refractivity contribution < 1.29 is 0 Å². The maximum atomic E-state index is 3.74. The maximum Gasteiger partial charge on any atom is 0.0686 e. The monoisotopic (exact) mass is 324 g/mol. The van der Waals surface area contributed by atoms with Crippen molar-refractivity contribution in [1.82, 2.24) is 5.32 Å². The highest BCUT2D eigenvalue weighted by atomic mass is 15.3. The maximum absolute atomic E-state index is 3.74. The normalized spacial score (nSPS) is 40.5. The minimum atomic E-state index is 0.599. The van der Waals surface area contributed by atoms with Gasteiger partial charge in [0.25, 0.3) is 0 Å². The highest BCUT2D eigenvalue weighted by Crippen LogP contribution is 2.62. The van der Waals surface area contributed by atoms with Crippen LogP contribution in [0, 0.1) is 43.9 Å². The molecule has 0 aromatic heterocycles. The van der Waals surface area contributed by atoms with Crippen LogP contribution in [0.15, 0.2) is 12.1 Å². The molecule has 1 atom stereocenters. The molecule has 0 radical (unpaired) electrons. The molecular formula is C22H32N2. The van der Waals surface area contributed by atoms with E-state index in [1.165, 1.54) is 48.2 Å². The first-order chi connectivity index (χ1) is 11.5. The van der Waals surface area contributed by atoms with E-state index in [9.17, 15) is 0 Å². The van der Waals surface area contributed by atoms with E-state index in [1.54, 1.807) is 19.3 Å². The minimum Gasteiger partial charge on any atom is -0.353 e. The van der Waals surface area contributed by atoms with Crippen LogP contribution >= 0.6 is 0 Å². The van der Waals surface area contributed by atoms with E-state index in [1.807, 2.05) is 0 Å². The Morgan fingerprint density at radius 2 is 1.46 bits per heavy atom. The summed E-state index contributed by atoms with van der Waals surface area (Å²) in [6.07, 6.45) is 9.15. The summed E-state index contributed by atoms with van der Waals surface area (Å²) in [6, 6.07) is 5.46. The topological polar surface area (TPSA) is 15.3 Å². The third-order valence-corrected chi connectivity index (χ3v) is 7.71. The number of benzene rings is 1. The van der Waals surface area contributed by atoms with Crippen LogP contribution in [0.2, 0.25) is 0 Å². The van der Waals surface area contributed by atoms with Gasteiger partial charge in [-0.25, -0.2) is 0 Å². The average molecular weight is 325 g/mol. The molecule has 6 rings (SSSR count). The molecule has 1 aromatic rings. The lowest BCUT2D eigenvalue weighted by atomic mass is 9.47. The molecule has 4 aliphatic carbocycles. The molecule has 24 heavy (non-hydrogen) atoms. The van der Waals surface area contributed by atoms with Crippen LogP contribution in [0.3, 0.4) is 0 Å². The minimum absolute atomic E-state index is 0.599. The summed E-state index contributed by atoms with van der Waals surface area (Å²) in [6.45, 7) is 9.08. The fraction of sp³-hybridized carbons (Fsp3) is 0.727. The van der Waals surface area contributed by atoms with Crippen molar-refractivity contribution >= 4 is 5.69 Å². The SMILES string of the molecule is Cc1cc(C)c(N2CNCC2C23CC4CC(CC(C4)C2)C3)c(C)c1. The molecule has 2 heteroatoms. The number of hydrogen-bond acceptors (Lipinski definition) is 2. The first-order valence-corrected chi connectivity index (χ1v) is 10.1. The number of nitrogens with one attached hydrogen (secondary N) is 1. The van der Waals surface area contributed by atoms with Crippen molar-refractivity contribution in [1.29, 1.82) is 0 Å². The van der Waals surface area contributed by atoms with Crippen molar-refractivity contribution in [2.45, 2.75) is 65.3 Å². The fourth-order valence-corrected chi connectivity index (χ4v) is 7.54. The molecule has 5 fully saturated rings. The zero-order valence-corrected chi connectivity index (χ0v) is 15.6.